The fourth-order valence-corrected chi connectivity index (χ4v) is 0.892. The van der Waals surface area contributed by atoms with Gasteiger partial charge >= 0.3 is 5.97 Å². The van der Waals surface area contributed by atoms with Gasteiger partial charge in [-0.15, -0.1) is 0 Å². The van der Waals surface area contributed by atoms with Crippen molar-refractivity contribution in [3.8, 4) is 0 Å². The Morgan fingerprint density at radius 3 is 2.83 bits per heavy atom. The van der Waals surface area contributed by atoms with Crippen LogP contribution in [0.2, 0.25) is 0 Å². The van der Waals surface area contributed by atoms with Crippen LogP contribution < -0.4 is 5.73 Å². The first-order chi connectivity index (χ1) is 5.61. The highest BCUT2D eigenvalue weighted by Gasteiger charge is 2.59. The zero-order chi connectivity index (χ0) is 9.19. The molecular weight excluding hydrogens is 161 g/mol. The number of esters is 1. The van der Waals surface area contributed by atoms with E-state index in [0.717, 1.165) is 12.8 Å². The van der Waals surface area contributed by atoms with Crippen molar-refractivity contribution in [1.29, 1.82) is 0 Å². The zero-order valence-corrected chi connectivity index (χ0v) is 7.18. The summed E-state index contributed by atoms with van der Waals surface area (Å²) >= 11 is 0. The normalized spacial score (nSPS) is 33.1. The Hall–Kier alpha value is -0.640. The summed E-state index contributed by atoms with van der Waals surface area (Å²) < 4.78 is 17.3. The lowest BCUT2D eigenvalue weighted by Crippen LogP contribution is -2.37. The van der Waals surface area contributed by atoms with Gasteiger partial charge in [0.1, 0.15) is 11.7 Å². The van der Waals surface area contributed by atoms with E-state index < -0.39 is 17.7 Å². The Morgan fingerprint density at radius 2 is 2.42 bits per heavy atom. The van der Waals surface area contributed by atoms with E-state index >= 15 is 0 Å². The molecule has 2 atom stereocenters. The number of hydrogen-bond donors (Lipinski definition) is 1. The molecule has 70 valence electrons. The van der Waals surface area contributed by atoms with Crippen molar-refractivity contribution in [2.24, 2.45) is 5.73 Å². The summed E-state index contributed by atoms with van der Waals surface area (Å²) in [6.07, 6.45) is 0.660. The molecule has 0 aromatic heterocycles. The van der Waals surface area contributed by atoms with Crippen LogP contribution in [-0.4, -0.2) is 24.3 Å². The van der Waals surface area contributed by atoms with Crippen molar-refractivity contribution in [2.45, 2.75) is 37.9 Å². The fourth-order valence-electron chi connectivity index (χ4n) is 0.892. The summed E-state index contributed by atoms with van der Waals surface area (Å²) in [4.78, 5) is 11.0. The number of rotatable bonds is 4. The van der Waals surface area contributed by atoms with Gasteiger partial charge in [-0.25, -0.2) is 9.18 Å². The number of hydrogen-bond acceptors (Lipinski definition) is 3. The third-order valence-electron chi connectivity index (χ3n) is 2.03. The zero-order valence-electron chi connectivity index (χ0n) is 7.18. The average Bonchev–Trinajstić information content (AvgIpc) is 2.62. The quantitative estimate of drug-likeness (QED) is 0.507. The van der Waals surface area contributed by atoms with Gasteiger partial charge in [-0.05, 0) is 6.42 Å². The Bertz CT molecular complexity index is 186. The van der Waals surface area contributed by atoms with Gasteiger partial charge < -0.3 is 10.5 Å². The lowest BCUT2D eigenvalue weighted by molar-refractivity contribution is -0.147. The van der Waals surface area contributed by atoms with Crippen LogP contribution in [0.1, 0.15) is 26.2 Å². The molecule has 12 heavy (non-hydrogen) atoms. The average molecular weight is 175 g/mol. The molecule has 4 heteroatoms. The van der Waals surface area contributed by atoms with Crippen LogP contribution in [0.15, 0.2) is 0 Å². The third kappa shape index (κ3) is 1.75. The van der Waals surface area contributed by atoms with Crippen molar-refractivity contribution in [2.75, 3.05) is 6.61 Å². The van der Waals surface area contributed by atoms with Gasteiger partial charge in [-0.1, -0.05) is 13.3 Å². The molecule has 1 saturated carbocycles. The molecule has 0 amide bonds. The minimum absolute atomic E-state index is 0.109. The number of ether oxygens (including phenoxy) is 1. The first kappa shape index (κ1) is 9.45. The van der Waals surface area contributed by atoms with Crippen molar-refractivity contribution < 1.29 is 13.9 Å². The molecule has 0 spiro atoms. The molecule has 0 aromatic rings. The maximum absolute atomic E-state index is 12.5. The lowest BCUT2D eigenvalue weighted by Gasteiger charge is -2.08. The van der Waals surface area contributed by atoms with Crippen LogP contribution in [0.5, 0.6) is 0 Å². The fraction of sp³-hybridized carbons (Fsp3) is 0.875. The summed E-state index contributed by atoms with van der Waals surface area (Å²) in [5.74, 6) is -0.594. The van der Waals surface area contributed by atoms with Crippen LogP contribution in [0.4, 0.5) is 4.39 Å². The van der Waals surface area contributed by atoms with Crippen molar-refractivity contribution in [3.63, 3.8) is 0 Å². The van der Waals surface area contributed by atoms with Crippen molar-refractivity contribution in [3.05, 3.63) is 0 Å². The van der Waals surface area contributed by atoms with E-state index in [2.05, 4.69) is 0 Å². The molecule has 0 aromatic carbocycles. The van der Waals surface area contributed by atoms with Crippen molar-refractivity contribution >= 4 is 5.97 Å². The highest BCUT2D eigenvalue weighted by Crippen LogP contribution is 2.37. The summed E-state index contributed by atoms with van der Waals surface area (Å²) in [7, 11) is 0. The molecule has 1 aliphatic rings. The van der Waals surface area contributed by atoms with E-state index in [9.17, 15) is 9.18 Å². The molecule has 0 radical (unpaired) electrons. The highest BCUT2D eigenvalue weighted by atomic mass is 19.1. The van der Waals surface area contributed by atoms with Gasteiger partial charge in [0.05, 0.1) is 6.61 Å². The van der Waals surface area contributed by atoms with Crippen LogP contribution >= 0.6 is 0 Å². The van der Waals surface area contributed by atoms with Gasteiger partial charge in [0.2, 0.25) is 0 Å². The summed E-state index contributed by atoms with van der Waals surface area (Å²) in [6, 6.07) is 0. The number of unbranched alkanes of at least 4 members (excludes halogenated alkanes) is 1. The predicted molar refractivity (Wildman–Crippen MR) is 42.3 cm³/mol. The Kier molecular flexibility index (Phi) is 2.67. The molecule has 2 unspecified atom stereocenters. The Morgan fingerprint density at radius 1 is 1.83 bits per heavy atom. The third-order valence-corrected chi connectivity index (χ3v) is 2.03. The van der Waals surface area contributed by atoms with Gasteiger partial charge in [0, 0.05) is 6.42 Å². The van der Waals surface area contributed by atoms with Gasteiger partial charge in [-0.2, -0.15) is 0 Å². The molecule has 1 aliphatic carbocycles. The number of alkyl halides is 1. The van der Waals surface area contributed by atoms with E-state index in [1.807, 2.05) is 6.92 Å². The minimum atomic E-state index is -1.31. The molecule has 0 bridgehead atoms. The van der Waals surface area contributed by atoms with Crippen LogP contribution in [0, 0.1) is 0 Å². The summed E-state index contributed by atoms with van der Waals surface area (Å²) in [6.45, 7) is 2.34. The molecule has 3 nitrogen and oxygen atoms in total. The van der Waals surface area contributed by atoms with Crippen LogP contribution in [0.25, 0.3) is 0 Å². The number of carbonyl (C=O) groups excluding carboxylic acids is 1. The standard InChI is InChI=1S/C8H14FNO2/c1-2-3-4-12-7(11)8(10)5-6(8)9/h6H,2-5,10H2,1H3. The molecule has 1 rings (SSSR count). The topological polar surface area (TPSA) is 52.3 Å². The molecule has 0 saturated heterocycles. The number of carbonyl (C=O) groups is 1. The minimum Gasteiger partial charge on any atom is -0.464 e. The summed E-state index contributed by atoms with van der Waals surface area (Å²) in [5.41, 5.74) is 4.05. The van der Waals surface area contributed by atoms with E-state index in [0.29, 0.717) is 6.61 Å². The second-order valence-corrected chi connectivity index (χ2v) is 3.20. The Balaban J connectivity index is 2.21. The van der Waals surface area contributed by atoms with Crippen LogP contribution in [-0.2, 0) is 9.53 Å². The molecule has 0 heterocycles. The van der Waals surface area contributed by atoms with E-state index in [1.165, 1.54) is 0 Å². The van der Waals surface area contributed by atoms with Gasteiger partial charge in [0.15, 0.2) is 0 Å². The van der Waals surface area contributed by atoms with Crippen LogP contribution in [0.3, 0.4) is 0 Å². The first-order valence-corrected chi connectivity index (χ1v) is 4.21. The maximum atomic E-state index is 12.5. The van der Waals surface area contributed by atoms with Crippen molar-refractivity contribution in [1.82, 2.24) is 0 Å². The second-order valence-electron chi connectivity index (χ2n) is 3.20. The smallest absolute Gasteiger partial charge is 0.329 e. The highest BCUT2D eigenvalue weighted by molar-refractivity contribution is 5.85. The molecule has 0 aliphatic heterocycles. The monoisotopic (exact) mass is 175 g/mol. The Labute approximate surface area is 71.1 Å². The lowest BCUT2D eigenvalue weighted by atomic mass is 10.3. The summed E-state index contributed by atoms with van der Waals surface area (Å²) in [5, 5.41) is 0. The molecule has 2 N–H and O–H groups in total. The molecule has 1 fully saturated rings. The van der Waals surface area contributed by atoms with E-state index in [-0.39, 0.29) is 6.42 Å². The number of nitrogens with two attached hydrogens (primary N) is 1. The largest absolute Gasteiger partial charge is 0.464 e. The molecular formula is C8H14FNO2. The van der Waals surface area contributed by atoms with E-state index in [4.69, 9.17) is 10.5 Å². The maximum Gasteiger partial charge on any atom is 0.329 e. The number of halogens is 1. The SMILES string of the molecule is CCCCOC(=O)C1(N)CC1F. The van der Waals surface area contributed by atoms with Gasteiger partial charge in [-0.3, -0.25) is 0 Å². The first-order valence-electron chi connectivity index (χ1n) is 4.21. The van der Waals surface area contributed by atoms with E-state index in [1.54, 1.807) is 0 Å². The van der Waals surface area contributed by atoms with Gasteiger partial charge in [0.25, 0.3) is 0 Å². The second kappa shape index (κ2) is 3.39. The predicted octanol–water partition coefficient (Wildman–Crippen LogP) is 0.769.